The van der Waals surface area contributed by atoms with Crippen LogP contribution in [0, 0.1) is 34.5 Å². The molecule has 0 amide bonds. The topological polar surface area (TPSA) is 77.8 Å². The maximum Gasteiger partial charge on any atom is 0.182 e. The molecule has 0 aromatic heterocycles. The number of allylic oxidation sites excluding steroid dienone is 3. The van der Waals surface area contributed by atoms with Crippen LogP contribution < -0.4 is 0 Å². The fraction of sp³-hybridized carbons (Fsp3) is 0.815. The van der Waals surface area contributed by atoms with Gasteiger partial charge in [-0.3, -0.25) is 4.79 Å². The van der Waals surface area contributed by atoms with Gasteiger partial charge in [-0.15, -0.1) is 0 Å². The van der Waals surface area contributed by atoms with Crippen molar-refractivity contribution in [3.05, 3.63) is 23.3 Å². The summed E-state index contributed by atoms with van der Waals surface area (Å²) >= 11 is 0. The first kappa shape index (κ1) is 23.2. The highest BCUT2D eigenvalue weighted by molar-refractivity contribution is 6.07. The van der Waals surface area contributed by atoms with Gasteiger partial charge in [0, 0.05) is 11.0 Å². The fourth-order valence-corrected chi connectivity index (χ4v) is 7.98. The van der Waals surface area contributed by atoms with Crippen molar-refractivity contribution >= 4 is 5.78 Å². The molecular weight excluding hydrogens is 388 g/mol. The van der Waals surface area contributed by atoms with Crippen molar-refractivity contribution in [3.8, 4) is 0 Å². The molecule has 0 heterocycles. The SMILES string of the molecule is CC(CCCC(C)(C)O)C1CCC2C3=CC(=O)C4=CC(O)C(O)CC4(C)C3CCC21C. The number of hydrogen-bond acceptors (Lipinski definition) is 4. The van der Waals surface area contributed by atoms with Gasteiger partial charge >= 0.3 is 0 Å². The summed E-state index contributed by atoms with van der Waals surface area (Å²) in [5.74, 6) is 2.05. The van der Waals surface area contributed by atoms with Gasteiger partial charge in [-0.2, -0.15) is 0 Å². The van der Waals surface area contributed by atoms with Gasteiger partial charge in [0.25, 0.3) is 0 Å². The summed E-state index contributed by atoms with van der Waals surface area (Å²) in [7, 11) is 0. The maximum absolute atomic E-state index is 13.1. The minimum Gasteiger partial charge on any atom is -0.390 e. The number of carbonyl (C=O) groups excluding carboxylic acids is 1. The Morgan fingerprint density at radius 3 is 2.55 bits per heavy atom. The Kier molecular flexibility index (Phi) is 5.85. The number of aliphatic hydroxyl groups is 3. The molecular formula is C27H42O4. The summed E-state index contributed by atoms with van der Waals surface area (Å²) in [6, 6.07) is 0. The van der Waals surface area contributed by atoms with Crippen molar-refractivity contribution < 1.29 is 20.1 Å². The summed E-state index contributed by atoms with van der Waals surface area (Å²) < 4.78 is 0. The molecule has 4 nitrogen and oxygen atoms in total. The minimum absolute atomic E-state index is 0.0469. The number of ketones is 1. The smallest absolute Gasteiger partial charge is 0.182 e. The lowest BCUT2D eigenvalue weighted by Crippen LogP contribution is -2.51. The predicted octanol–water partition coefficient (Wildman–Crippen LogP) is 4.57. The van der Waals surface area contributed by atoms with Crippen molar-refractivity contribution in [2.75, 3.05) is 0 Å². The number of hydrogen-bond donors (Lipinski definition) is 3. The molecule has 4 heteroatoms. The Morgan fingerprint density at radius 2 is 1.87 bits per heavy atom. The van der Waals surface area contributed by atoms with Gasteiger partial charge in [0.05, 0.1) is 17.8 Å². The van der Waals surface area contributed by atoms with Crippen LogP contribution in [0.1, 0.15) is 86.0 Å². The molecule has 2 fully saturated rings. The lowest BCUT2D eigenvalue weighted by molar-refractivity contribution is -0.115. The molecule has 0 bridgehead atoms. The zero-order valence-electron chi connectivity index (χ0n) is 20.0. The third kappa shape index (κ3) is 3.87. The van der Waals surface area contributed by atoms with E-state index in [9.17, 15) is 20.1 Å². The largest absolute Gasteiger partial charge is 0.390 e. The molecule has 0 spiro atoms. The van der Waals surface area contributed by atoms with E-state index < -0.39 is 17.8 Å². The number of aliphatic hydroxyl groups excluding tert-OH is 2. The van der Waals surface area contributed by atoms with Crippen LogP contribution in [0.4, 0.5) is 0 Å². The Labute approximate surface area is 187 Å². The van der Waals surface area contributed by atoms with Crippen molar-refractivity contribution in [1.29, 1.82) is 0 Å². The molecule has 4 rings (SSSR count). The number of carbonyl (C=O) groups is 1. The molecule has 0 aromatic rings. The quantitative estimate of drug-likeness (QED) is 0.597. The van der Waals surface area contributed by atoms with E-state index in [0.29, 0.717) is 30.1 Å². The first-order chi connectivity index (χ1) is 14.4. The second kappa shape index (κ2) is 7.81. The second-order valence-electron chi connectivity index (χ2n) is 12.3. The van der Waals surface area contributed by atoms with Gasteiger partial charge in [0.2, 0.25) is 0 Å². The summed E-state index contributed by atoms with van der Waals surface area (Å²) in [6.45, 7) is 10.8. The van der Waals surface area contributed by atoms with Gasteiger partial charge < -0.3 is 15.3 Å². The van der Waals surface area contributed by atoms with Gasteiger partial charge in [-0.1, -0.05) is 39.2 Å². The van der Waals surface area contributed by atoms with Crippen LogP contribution >= 0.6 is 0 Å². The predicted molar refractivity (Wildman–Crippen MR) is 122 cm³/mol. The van der Waals surface area contributed by atoms with Gasteiger partial charge in [-0.25, -0.2) is 0 Å². The monoisotopic (exact) mass is 430 g/mol. The minimum atomic E-state index is -0.934. The maximum atomic E-state index is 13.1. The molecule has 8 atom stereocenters. The zero-order valence-corrected chi connectivity index (χ0v) is 20.0. The van der Waals surface area contributed by atoms with E-state index in [0.717, 1.165) is 44.1 Å². The van der Waals surface area contributed by atoms with Crippen molar-refractivity contribution in [3.63, 3.8) is 0 Å². The lowest BCUT2D eigenvalue weighted by Gasteiger charge is -2.55. The standard InChI is InChI=1S/C27H42O4/c1-16(7-6-11-25(2,3)31)18-8-9-19-17-13-22(28)21-14-23(29)24(30)15-27(21,5)20(17)10-12-26(18,19)4/h13-14,16,18-20,23-24,29-31H,6-12,15H2,1-5H3. The van der Waals surface area contributed by atoms with E-state index in [4.69, 9.17) is 0 Å². The molecule has 2 saturated carbocycles. The van der Waals surface area contributed by atoms with E-state index >= 15 is 0 Å². The highest BCUT2D eigenvalue weighted by atomic mass is 16.3. The zero-order chi connectivity index (χ0) is 22.8. The first-order valence-electron chi connectivity index (χ1n) is 12.4. The van der Waals surface area contributed by atoms with Crippen LogP contribution in [0.15, 0.2) is 23.3 Å². The Balaban J connectivity index is 1.57. The number of rotatable bonds is 5. The summed E-state index contributed by atoms with van der Waals surface area (Å²) in [6.07, 6.45) is 9.89. The van der Waals surface area contributed by atoms with E-state index in [1.54, 1.807) is 6.08 Å². The summed E-state index contributed by atoms with van der Waals surface area (Å²) in [4.78, 5) is 13.1. The summed E-state index contributed by atoms with van der Waals surface area (Å²) in [5.41, 5.74) is 1.32. The third-order valence-electron chi connectivity index (χ3n) is 9.63. The Bertz CT molecular complexity index is 790. The van der Waals surface area contributed by atoms with E-state index in [1.807, 2.05) is 19.9 Å². The molecule has 174 valence electrons. The van der Waals surface area contributed by atoms with Crippen LogP contribution in [-0.4, -0.2) is 38.9 Å². The molecule has 0 saturated heterocycles. The van der Waals surface area contributed by atoms with E-state index in [2.05, 4.69) is 20.8 Å². The molecule has 0 radical (unpaired) electrons. The van der Waals surface area contributed by atoms with Crippen LogP contribution in [0.5, 0.6) is 0 Å². The van der Waals surface area contributed by atoms with E-state index in [-0.39, 0.29) is 16.6 Å². The van der Waals surface area contributed by atoms with Crippen LogP contribution in [-0.2, 0) is 4.79 Å². The normalized spacial score (nSPS) is 43.5. The highest BCUT2D eigenvalue weighted by Crippen LogP contribution is 2.66. The van der Waals surface area contributed by atoms with Crippen molar-refractivity contribution in [1.82, 2.24) is 0 Å². The van der Waals surface area contributed by atoms with Crippen LogP contribution in [0.2, 0.25) is 0 Å². The van der Waals surface area contributed by atoms with Gasteiger partial charge in [0.15, 0.2) is 5.78 Å². The average molecular weight is 431 g/mol. The molecule has 31 heavy (non-hydrogen) atoms. The van der Waals surface area contributed by atoms with Crippen molar-refractivity contribution in [2.24, 2.45) is 34.5 Å². The second-order valence-corrected chi connectivity index (χ2v) is 12.3. The van der Waals surface area contributed by atoms with Crippen molar-refractivity contribution in [2.45, 2.75) is 104 Å². The molecule has 0 aromatic carbocycles. The van der Waals surface area contributed by atoms with Gasteiger partial charge in [-0.05, 0) is 93.6 Å². The first-order valence-corrected chi connectivity index (χ1v) is 12.4. The average Bonchev–Trinajstić information content (AvgIpc) is 3.00. The molecule has 8 unspecified atom stereocenters. The highest BCUT2D eigenvalue weighted by Gasteiger charge is 2.58. The fourth-order valence-electron chi connectivity index (χ4n) is 7.98. The molecule has 4 aliphatic carbocycles. The van der Waals surface area contributed by atoms with Crippen LogP contribution in [0.25, 0.3) is 0 Å². The Morgan fingerprint density at radius 1 is 1.16 bits per heavy atom. The Hall–Kier alpha value is -0.970. The molecule has 3 N–H and O–H groups in total. The van der Waals surface area contributed by atoms with Gasteiger partial charge in [0.1, 0.15) is 0 Å². The third-order valence-corrected chi connectivity index (χ3v) is 9.63. The lowest BCUT2D eigenvalue weighted by atomic mass is 9.49. The van der Waals surface area contributed by atoms with E-state index in [1.165, 1.54) is 12.0 Å². The summed E-state index contributed by atoms with van der Waals surface area (Å²) in [5, 5.41) is 30.6. The molecule has 4 aliphatic rings. The van der Waals surface area contributed by atoms with Crippen LogP contribution in [0.3, 0.4) is 0 Å². The molecule has 0 aliphatic heterocycles. The number of fused-ring (bicyclic) bond motifs is 5.